The summed E-state index contributed by atoms with van der Waals surface area (Å²) in [5, 5.41) is 0. The Morgan fingerprint density at radius 3 is 1.60 bits per heavy atom. The van der Waals surface area contributed by atoms with Crippen LogP contribution in [0.5, 0.6) is 0 Å². The molecule has 7 heteroatoms. The van der Waals surface area contributed by atoms with Gasteiger partial charge in [-0.1, -0.05) is 0 Å². The SMILES string of the molecule is CCCCCCCCOC(=O)C[S][Sn][S]C(CCCC)(CCCC)C(=O)OCCCCCCCC. The normalized spacial score (nSPS) is 11.5. The van der Waals surface area contributed by atoms with Crippen LogP contribution >= 0.6 is 17.9 Å². The molecule has 0 aliphatic heterocycles. The van der Waals surface area contributed by atoms with Crippen LogP contribution < -0.4 is 0 Å². The Hall–Kier alpha value is 0.439. The maximum atomic E-state index is 13.3. The molecule has 4 nitrogen and oxygen atoms in total. The molecule has 0 saturated heterocycles. The van der Waals surface area contributed by atoms with Crippen molar-refractivity contribution in [3.05, 3.63) is 0 Å². The molecular formula is C28H54O4S2Sn. The second-order valence-corrected chi connectivity index (χ2v) is 20.3. The van der Waals surface area contributed by atoms with Gasteiger partial charge in [0.15, 0.2) is 0 Å². The van der Waals surface area contributed by atoms with Crippen molar-refractivity contribution in [2.45, 2.75) is 148 Å². The quantitative estimate of drug-likeness (QED) is 0.0537. The molecule has 2 radical (unpaired) electrons. The number of unbranched alkanes of at least 4 members (excludes halogenated alkanes) is 12. The molecule has 0 fully saturated rings. The second kappa shape index (κ2) is 26.1. The van der Waals surface area contributed by atoms with Gasteiger partial charge in [-0.3, -0.25) is 0 Å². The van der Waals surface area contributed by atoms with Crippen LogP contribution in [0.15, 0.2) is 0 Å². The number of ether oxygens (including phenoxy) is 2. The van der Waals surface area contributed by atoms with E-state index in [0.29, 0.717) is 19.0 Å². The Labute approximate surface area is 233 Å². The van der Waals surface area contributed by atoms with Crippen LogP contribution in [0.25, 0.3) is 0 Å². The first-order chi connectivity index (χ1) is 17.1. The molecular weight excluding hydrogens is 583 g/mol. The summed E-state index contributed by atoms with van der Waals surface area (Å²) < 4.78 is 10.9. The Morgan fingerprint density at radius 2 is 1.09 bits per heavy atom. The van der Waals surface area contributed by atoms with Crippen molar-refractivity contribution in [1.29, 1.82) is 0 Å². The van der Waals surface area contributed by atoms with Gasteiger partial charge in [-0.15, -0.1) is 0 Å². The molecule has 0 rings (SSSR count). The molecule has 0 aromatic rings. The van der Waals surface area contributed by atoms with E-state index in [9.17, 15) is 9.59 Å². The van der Waals surface area contributed by atoms with Gasteiger partial charge in [0.05, 0.1) is 0 Å². The van der Waals surface area contributed by atoms with Crippen molar-refractivity contribution in [2.75, 3.05) is 19.0 Å². The molecule has 0 atom stereocenters. The van der Waals surface area contributed by atoms with Gasteiger partial charge in [-0.25, -0.2) is 0 Å². The first-order valence-electron chi connectivity index (χ1n) is 14.4. The summed E-state index contributed by atoms with van der Waals surface area (Å²) >= 11 is -1.00. The van der Waals surface area contributed by atoms with Gasteiger partial charge in [0, 0.05) is 0 Å². The molecule has 0 spiro atoms. The number of carbonyl (C=O) groups excluding carboxylic acids is 2. The molecule has 0 amide bonds. The van der Waals surface area contributed by atoms with Gasteiger partial charge in [0.25, 0.3) is 0 Å². The number of rotatable bonds is 26. The van der Waals surface area contributed by atoms with Crippen molar-refractivity contribution >= 4 is 48.2 Å². The molecule has 0 aliphatic carbocycles. The summed E-state index contributed by atoms with van der Waals surface area (Å²) in [4.78, 5) is 25.4. The zero-order valence-electron chi connectivity index (χ0n) is 23.3. The zero-order chi connectivity index (χ0) is 26.0. The van der Waals surface area contributed by atoms with E-state index in [1.165, 1.54) is 51.4 Å². The average Bonchev–Trinajstić information content (AvgIpc) is 2.86. The minimum absolute atomic E-state index is 0.00473. The van der Waals surface area contributed by atoms with Crippen molar-refractivity contribution in [1.82, 2.24) is 0 Å². The molecule has 0 bridgehead atoms. The molecule has 0 N–H and O–H groups in total. The third-order valence-electron chi connectivity index (χ3n) is 6.22. The zero-order valence-corrected chi connectivity index (χ0v) is 27.8. The molecule has 206 valence electrons. The van der Waals surface area contributed by atoms with Crippen LogP contribution in [0.2, 0.25) is 0 Å². The van der Waals surface area contributed by atoms with Crippen LogP contribution in [0, 0.1) is 0 Å². The number of hydrogen-bond acceptors (Lipinski definition) is 6. The van der Waals surface area contributed by atoms with Crippen LogP contribution in [-0.2, 0) is 19.1 Å². The van der Waals surface area contributed by atoms with Crippen LogP contribution in [0.4, 0.5) is 0 Å². The topological polar surface area (TPSA) is 52.6 Å². The molecule has 0 saturated carbocycles. The van der Waals surface area contributed by atoms with E-state index in [0.717, 1.165) is 64.2 Å². The van der Waals surface area contributed by atoms with E-state index in [1.54, 1.807) is 8.95 Å². The fourth-order valence-electron chi connectivity index (χ4n) is 3.88. The van der Waals surface area contributed by atoms with Crippen LogP contribution in [0.3, 0.4) is 0 Å². The minimum atomic E-state index is -1.00. The monoisotopic (exact) mass is 638 g/mol. The van der Waals surface area contributed by atoms with Gasteiger partial charge in [-0.2, -0.15) is 0 Å². The molecule has 0 aliphatic rings. The summed E-state index contributed by atoms with van der Waals surface area (Å²) in [6, 6.07) is 0. The molecule has 0 aromatic carbocycles. The van der Waals surface area contributed by atoms with Gasteiger partial charge in [-0.05, 0) is 0 Å². The summed E-state index contributed by atoms with van der Waals surface area (Å²) in [7, 11) is 3.60. The Balaban J connectivity index is 4.48. The van der Waals surface area contributed by atoms with Crippen molar-refractivity contribution in [3.8, 4) is 0 Å². The molecule has 0 heterocycles. The van der Waals surface area contributed by atoms with Crippen molar-refractivity contribution < 1.29 is 19.1 Å². The first kappa shape index (κ1) is 35.4. The van der Waals surface area contributed by atoms with E-state index < -0.39 is 23.1 Å². The number of hydrogen-bond donors (Lipinski definition) is 0. The van der Waals surface area contributed by atoms with Crippen molar-refractivity contribution in [2.24, 2.45) is 0 Å². The van der Waals surface area contributed by atoms with Crippen molar-refractivity contribution in [3.63, 3.8) is 0 Å². The van der Waals surface area contributed by atoms with Gasteiger partial charge < -0.3 is 0 Å². The fraction of sp³-hybridized carbons (Fsp3) is 0.929. The van der Waals surface area contributed by atoms with Gasteiger partial charge >= 0.3 is 234 Å². The fourth-order valence-corrected chi connectivity index (χ4v) is 16.4. The third kappa shape index (κ3) is 20.1. The average molecular weight is 638 g/mol. The summed E-state index contributed by atoms with van der Waals surface area (Å²) in [6.07, 6.45) is 20.4. The Bertz CT molecular complexity index is 497. The Kier molecular flexibility index (Phi) is 26.4. The van der Waals surface area contributed by atoms with E-state index >= 15 is 0 Å². The first-order valence-corrected chi connectivity index (χ1v) is 23.2. The van der Waals surface area contributed by atoms with Crippen LogP contribution in [0.1, 0.15) is 143 Å². The molecule has 0 aromatic heterocycles. The predicted molar refractivity (Wildman–Crippen MR) is 156 cm³/mol. The maximum absolute atomic E-state index is 13.3. The van der Waals surface area contributed by atoms with E-state index in [4.69, 9.17) is 9.47 Å². The van der Waals surface area contributed by atoms with Gasteiger partial charge in [0.1, 0.15) is 0 Å². The van der Waals surface area contributed by atoms with Gasteiger partial charge in [0.2, 0.25) is 0 Å². The van der Waals surface area contributed by atoms with E-state index in [-0.39, 0.29) is 11.9 Å². The Morgan fingerprint density at radius 1 is 0.629 bits per heavy atom. The third-order valence-corrected chi connectivity index (χ3v) is 18.1. The predicted octanol–water partition coefficient (Wildman–Crippen LogP) is 8.91. The number of esters is 2. The summed E-state index contributed by atoms with van der Waals surface area (Å²) in [5.41, 5.74) is 0. The second-order valence-electron chi connectivity index (χ2n) is 9.57. The standard InChI is InChI=1S/C18H36O2S.C10H20O2S.Sn/c1-4-7-10-11-12-13-16-20-17(19)18(21,14-8-5-2)15-9-6-3;1-2-3-4-5-6-7-8-12-10(11)9-13;/h21H,4-16H2,1-3H3;13H,2-9H2,1H3;/q;;+2/p-2. The molecule has 35 heavy (non-hydrogen) atoms. The van der Waals surface area contributed by atoms with E-state index in [2.05, 4.69) is 27.7 Å². The van der Waals surface area contributed by atoms with E-state index in [1.807, 2.05) is 8.95 Å². The molecule has 0 unspecified atom stereocenters. The summed E-state index contributed by atoms with van der Waals surface area (Å²) in [5.74, 6) is 0.341. The summed E-state index contributed by atoms with van der Waals surface area (Å²) in [6.45, 7) is 9.92. The number of carbonyl (C=O) groups is 2. The van der Waals surface area contributed by atoms with Crippen LogP contribution in [-0.4, -0.2) is 54.0 Å².